The molecule has 4 nitrogen and oxygen atoms in total. The van der Waals surface area contributed by atoms with Gasteiger partial charge in [0.15, 0.2) is 11.5 Å². The summed E-state index contributed by atoms with van der Waals surface area (Å²) in [6.45, 7) is 14.7. The second-order valence-corrected chi connectivity index (χ2v) is 6.33. The number of hydrogen-bond acceptors (Lipinski definition) is 4. The molecule has 1 aliphatic rings. The number of Topliss-reactive ketones (excluding diaryl/α,β-unsaturated/α-hetero) is 2. The van der Waals surface area contributed by atoms with Gasteiger partial charge in [-0.3, -0.25) is 9.59 Å². The average molecular weight is 304 g/mol. The Morgan fingerprint density at radius 2 is 1.05 bits per heavy atom. The first-order valence-corrected chi connectivity index (χ1v) is 7.03. The molecule has 0 radical (unpaired) electrons. The second-order valence-electron chi connectivity index (χ2n) is 6.33. The van der Waals surface area contributed by atoms with Crippen LogP contribution < -0.4 is 0 Å². The lowest BCUT2D eigenvalue weighted by Gasteiger charge is -2.33. The largest absolute Gasteiger partial charge is 0.492 e. The zero-order valence-electron chi connectivity index (χ0n) is 14.2. The van der Waals surface area contributed by atoms with Crippen LogP contribution >= 0.6 is 0 Å². The number of carbonyl (C=O) groups excluding carboxylic acids is 2. The molecule has 0 N–H and O–H groups in total. The maximum Gasteiger partial charge on any atom is 0.228 e. The number of methoxy groups -OCH3 is 2. The van der Waals surface area contributed by atoms with Crippen LogP contribution in [0.5, 0.6) is 0 Å². The summed E-state index contributed by atoms with van der Waals surface area (Å²) in [4.78, 5) is 25.8. The Labute approximate surface area is 132 Å². The molecule has 0 fully saturated rings. The van der Waals surface area contributed by atoms with E-state index in [2.05, 4.69) is 13.2 Å². The third-order valence-electron chi connectivity index (χ3n) is 4.04. The molecule has 0 aromatic rings. The predicted molar refractivity (Wildman–Crippen MR) is 86.0 cm³/mol. The Kier molecular flexibility index (Phi) is 4.86. The normalized spacial score (nSPS) is 16.8. The lowest BCUT2D eigenvalue weighted by molar-refractivity contribution is -0.122. The molecule has 0 aromatic heterocycles. The van der Waals surface area contributed by atoms with E-state index >= 15 is 0 Å². The van der Waals surface area contributed by atoms with Crippen molar-refractivity contribution in [2.24, 2.45) is 10.8 Å². The van der Waals surface area contributed by atoms with E-state index in [1.54, 1.807) is 39.8 Å². The van der Waals surface area contributed by atoms with Crippen LogP contribution in [-0.4, -0.2) is 25.8 Å². The van der Waals surface area contributed by atoms with E-state index < -0.39 is 10.8 Å². The third-order valence-corrected chi connectivity index (χ3v) is 4.04. The van der Waals surface area contributed by atoms with Crippen LogP contribution in [-0.2, 0) is 19.1 Å². The fourth-order valence-corrected chi connectivity index (χ4v) is 2.42. The number of hydrogen-bond donors (Lipinski definition) is 0. The molecule has 0 aliphatic heterocycles. The molecule has 120 valence electrons. The first-order valence-electron chi connectivity index (χ1n) is 7.03. The molecule has 0 heterocycles. The SMILES string of the molecule is C=CC(C)(C)C1=C(OC)C(=O)C(C(C)(C)C=C)=C(OC)C1=O. The Morgan fingerprint density at radius 3 is 1.23 bits per heavy atom. The van der Waals surface area contributed by atoms with Crippen molar-refractivity contribution in [2.45, 2.75) is 27.7 Å². The van der Waals surface area contributed by atoms with Gasteiger partial charge in [0.25, 0.3) is 0 Å². The van der Waals surface area contributed by atoms with Gasteiger partial charge < -0.3 is 9.47 Å². The molecule has 0 bridgehead atoms. The Bertz CT molecular complexity index is 547. The number of carbonyl (C=O) groups is 2. The standard InChI is InChI=1S/C18H24O4/c1-9-17(3,4)11-13(19)16(22-8)12(18(5,6)10-2)14(20)15(11)21-7/h9-10H,1-2H2,3-8H3. The topological polar surface area (TPSA) is 52.6 Å². The smallest absolute Gasteiger partial charge is 0.228 e. The molecule has 0 amide bonds. The highest BCUT2D eigenvalue weighted by Gasteiger charge is 2.45. The first-order chi connectivity index (χ1) is 10.1. The quantitative estimate of drug-likeness (QED) is 0.558. The summed E-state index contributed by atoms with van der Waals surface area (Å²) >= 11 is 0. The summed E-state index contributed by atoms with van der Waals surface area (Å²) in [5.74, 6) is -0.621. The van der Waals surface area contributed by atoms with Gasteiger partial charge in [-0.1, -0.05) is 39.8 Å². The van der Waals surface area contributed by atoms with Gasteiger partial charge in [0, 0.05) is 10.8 Å². The third kappa shape index (κ3) is 2.65. The van der Waals surface area contributed by atoms with Crippen molar-refractivity contribution >= 4 is 11.6 Å². The summed E-state index contributed by atoms with van der Waals surface area (Å²) < 4.78 is 10.5. The van der Waals surface area contributed by atoms with Gasteiger partial charge in [-0.05, 0) is 0 Å². The lowest BCUT2D eigenvalue weighted by atomic mass is 9.71. The molecule has 0 saturated carbocycles. The predicted octanol–water partition coefficient (Wildman–Crippen LogP) is 3.36. The maximum atomic E-state index is 12.9. The van der Waals surface area contributed by atoms with Gasteiger partial charge in [0.05, 0.1) is 25.4 Å². The first kappa shape index (κ1) is 18.0. The zero-order chi connectivity index (χ0) is 17.3. The number of allylic oxidation sites excluding steroid dienone is 4. The Balaban J connectivity index is 3.74. The number of ether oxygens (including phenoxy) is 2. The van der Waals surface area contributed by atoms with Crippen molar-refractivity contribution in [3.63, 3.8) is 0 Å². The van der Waals surface area contributed by atoms with Gasteiger partial charge in [-0.25, -0.2) is 0 Å². The van der Waals surface area contributed by atoms with E-state index in [0.717, 1.165) is 0 Å². The molecule has 4 heteroatoms. The lowest BCUT2D eigenvalue weighted by Crippen LogP contribution is -2.36. The van der Waals surface area contributed by atoms with Crippen LogP contribution in [0.15, 0.2) is 48.0 Å². The van der Waals surface area contributed by atoms with Crippen LogP contribution in [0.3, 0.4) is 0 Å². The number of ketones is 2. The van der Waals surface area contributed by atoms with Crippen molar-refractivity contribution in [1.82, 2.24) is 0 Å². The van der Waals surface area contributed by atoms with Crippen molar-refractivity contribution in [3.8, 4) is 0 Å². The molecular formula is C18H24O4. The van der Waals surface area contributed by atoms with Crippen LogP contribution in [0.2, 0.25) is 0 Å². The van der Waals surface area contributed by atoms with Gasteiger partial charge in [-0.2, -0.15) is 0 Å². The van der Waals surface area contributed by atoms with E-state index in [1.807, 2.05) is 0 Å². The van der Waals surface area contributed by atoms with Crippen LogP contribution in [0.4, 0.5) is 0 Å². The van der Waals surface area contributed by atoms with Gasteiger partial charge in [0.1, 0.15) is 0 Å². The maximum absolute atomic E-state index is 12.9. The van der Waals surface area contributed by atoms with Gasteiger partial charge in [0.2, 0.25) is 11.6 Å². The Hall–Kier alpha value is -2.10. The van der Waals surface area contributed by atoms with E-state index in [0.29, 0.717) is 0 Å². The van der Waals surface area contributed by atoms with Gasteiger partial charge >= 0.3 is 0 Å². The Morgan fingerprint density at radius 1 is 0.773 bits per heavy atom. The fourth-order valence-electron chi connectivity index (χ4n) is 2.42. The molecule has 1 rings (SSSR count). The zero-order valence-corrected chi connectivity index (χ0v) is 14.2. The monoisotopic (exact) mass is 304 g/mol. The van der Waals surface area contributed by atoms with Crippen molar-refractivity contribution in [1.29, 1.82) is 0 Å². The average Bonchev–Trinajstić information content (AvgIpc) is 2.47. The molecule has 0 atom stereocenters. The van der Waals surface area contributed by atoms with Crippen molar-refractivity contribution in [3.05, 3.63) is 48.0 Å². The molecule has 0 saturated heterocycles. The van der Waals surface area contributed by atoms with E-state index in [1.165, 1.54) is 14.2 Å². The minimum absolute atomic E-state index is 0.0422. The second kappa shape index (κ2) is 5.95. The van der Waals surface area contributed by atoms with Crippen LogP contribution in [0.25, 0.3) is 0 Å². The van der Waals surface area contributed by atoms with Gasteiger partial charge in [-0.15, -0.1) is 13.2 Å². The van der Waals surface area contributed by atoms with Crippen molar-refractivity contribution in [2.75, 3.05) is 14.2 Å². The summed E-state index contributed by atoms with van der Waals surface area (Å²) in [6.07, 6.45) is 3.23. The minimum atomic E-state index is -0.717. The molecule has 0 aromatic carbocycles. The molecule has 1 aliphatic carbocycles. The van der Waals surface area contributed by atoms with Crippen LogP contribution in [0.1, 0.15) is 27.7 Å². The van der Waals surface area contributed by atoms with Crippen LogP contribution in [0, 0.1) is 10.8 Å². The summed E-state index contributed by atoms with van der Waals surface area (Å²) in [6, 6.07) is 0. The molecule has 0 spiro atoms. The van der Waals surface area contributed by atoms with E-state index in [9.17, 15) is 9.59 Å². The minimum Gasteiger partial charge on any atom is -0.492 e. The summed E-state index contributed by atoms with van der Waals surface area (Å²) in [7, 11) is 2.77. The molecular weight excluding hydrogens is 280 g/mol. The number of rotatable bonds is 6. The van der Waals surface area contributed by atoms with E-state index in [4.69, 9.17) is 9.47 Å². The molecule has 22 heavy (non-hydrogen) atoms. The highest BCUT2D eigenvalue weighted by Crippen LogP contribution is 2.42. The summed E-state index contributed by atoms with van der Waals surface area (Å²) in [5.41, 5.74) is -0.914. The van der Waals surface area contributed by atoms with Crippen molar-refractivity contribution < 1.29 is 19.1 Å². The highest BCUT2D eigenvalue weighted by molar-refractivity contribution is 6.24. The summed E-state index contributed by atoms with van der Waals surface area (Å²) in [5, 5.41) is 0. The fraction of sp³-hybridized carbons (Fsp3) is 0.444. The molecule has 0 unspecified atom stereocenters. The highest BCUT2D eigenvalue weighted by atomic mass is 16.5. The van der Waals surface area contributed by atoms with E-state index in [-0.39, 0.29) is 34.2 Å².